The number of piperazine rings is 1. The summed E-state index contributed by atoms with van der Waals surface area (Å²) in [6.45, 7) is 8.02. The molecule has 0 radical (unpaired) electrons. The molecule has 1 saturated carbocycles. The molecular formula is C24H40IN5O2. The average Bonchev–Trinajstić information content (AvgIpc) is 3.29. The Balaban J connectivity index is 0.00000363. The molecule has 7 nitrogen and oxygen atoms in total. The van der Waals surface area contributed by atoms with Gasteiger partial charge in [-0.25, -0.2) is 0 Å². The van der Waals surface area contributed by atoms with Crippen LogP contribution < -0.4 is 15.5 Å². The van der Waals surface area contributed by atoms with Gasteiger partial charge in [0.15, 0.2) is 5.96 Å². The summed E-state index contributed by atoms with van der Waals surface area (Å²) in [4.78, 5) is 21.3. The number of carbonyl (C=O) groups is 1. The lowest BCUT2D eigenvalue weighted by molar-refractivity contribution is -0.130. The molecule has 8 heteroatoms. The first kappa shape index (κ1) is 26.7. The van der Waals surface area contributed by atoms with Crippen molar-refractivity contribution >= 4 is 41.5 Å². The summed E-state index contributed by atoms with van der Waals surface area (Å²) in [6, 6.07) is 10.4. The summed E-state index contributed by atoms with van der Waals surface area (Å²) in [7, 11) is 1.76. The Morgan fingerprint density at radius 1 is 1.09 bits per heavy atom. The number of ether oxygens (including phenoxy) is 1. The molecular weight excluding hydrogens is 517 g/mol. The lowest BCUT2D eigenvalue weighted by Crippen LogP contribution is -2.52. The third-order valence-electron chi connectivity index (χ3n) is 6.66. The minimum absolute atomic E-state index is 0. The number of aliphatic imine (C=N–C) groups is 1. The van der Waals surface area contributed by atoms with Gasteiger partial charge >= 0.3 is 0 Å². The van der Waals surface area contributed by atoms with E-state index in [0.29, 0.717) is 5.96 Å². The highest BCUT2D eigenvalue weighted by molar-refractivity contribution is 14.0. The van der Waals surface area contributed by atoms with E-state index in [4.69, 9.17) is 4.74 Å². The van der Waals surface area contributed by atoms with Crippen molar-refractivity contribution in [1.82, 2.24) is 15.5 Å². The molecule has 2 fully saturated rings. The van der Waals surface area contributed by atoms with E-state index < -0.39 is 0 Å². The fourth-order valence-corrected chi connectivity index (χ4v) is 4.69. The van der Waals surface area contributed by atoms with Crippen molar-refractivity contribution in [2.45, 2.75) is 39.0 Å². The number of carbonyl (C=O) groups excluding carboxylic acids is 1. The molecule has 1 heterocycles. The topological polar surface area (TPSA) is 69.2 Å². The summed E-state index contributed by atoms with van der Waals surface area (Å²) >= 11 is 0. The molecule has 0 aromatic heterocycles. The maximum absolute atomic E-state index is 12.7. The van der Waals surface area contributed by atoms with Crippen molar-refractivity contribution in [3.63, 3.8) is 0 Å². The summed E-state index contributed by atoms with van der Waals surface area (Å²) in [5.74, 6) is 0.835. The fraction of sp³-hybridized carbons (Fsp3) is 0.667. The van der Waals surface area contributed by atoms with Crippen molar-refractivity contribution in [1.29, 1.82) is 0 Å². The molecule has 1 aliphatic carbocycles. The second kappa shape index (κ2) is 13.9. The van der Waals surface area contributed by atoms with E-state index in [1.165, 1.54) is 31.4 Å². The monoisotopic (exact) mass is 557 g/mol. The van der Waals surface area contributed by atoms with E-state index in [1.54, 1.807) is 7.05 Å². The Morgan fingerprint density at radius 3 is 2.41 bits per heavy atom. The van der Waals surface area contributed by atoms with Crippen LogP contribution >= 0.6 is 24.0 Å². The number of halogens is 1. The van der Waals surface area contributed by atoms with E-state index in [1.807, 2.05) is 17.9 Å². The van der Waals surface area contributed by atoms with E-state index >= 15 is 0 Å². The third kappa shape index (κ3) is 7.79. The fourth-order valence-electron chi connectivity index (χ4n) is 4.69. The summed E-state index contributed by atoms with van der Waals surface area (Å²) < 4.78 is 5.61. The predicted molar refractivity (Wildman–Crippen MR) is 142 cm³/mol. The highest BCUT2D eigenvalue weighted by Crippen LogP contribution is 2.40. The van der Waals surface area contributed by atoms with Gasteiger partial charge in [-0.15, -0.1) is 24.0 Å². The largest absolute Gasteiger partial charge is 0.382 e. The summed E-state index contributed by atoms with van der Waals surface area (Å²) in [6.07, 6.45) is 6.11. The maximum Gasteiger partial charge on any atom is 0.242 e. The first-order chi connectivity index (χ1) is 15.2. The highest BCUT2D eigenvalue weighted by Gasteiger charge is 2.33. The second-order valence-corrected chi connectivity index (χ2v) is 8.64. The van der Waals surface area contributed by atoms with Crippen LogP contribution in [0, 0.1) is 5.41 Å². The Hall–Kier alpha value is -1.55. The van der Waals surface area contributed by atoms with Crippen LogP contribution in [0.15, 0.2) is 35.3 Å². The van der Waals surface area contributed by atoms with E-state index in [9.17, 15) is 4.79 Å². The number of nitrogens with zero attached hydrogens (tertiary/aromatic N) is 3. The zero-order chi connectivity index (χ0) is 21.9. The van der Waals surface area contributed by atoms with Gasteiger partial charge in [0.05, 0.1) is 6.54 Å². The number of hydrogen-bond acceptors (Lipinski definition) is 4. The van der Waals surface area contributed by atoms with Gasteiger partial charge in [-0.2, -0.15) is 0 Å². The molecule has 2 N–H and O–H groups in total. The number of para-hydroxylation sites is 1. The number of benzene rings is 1. The van der Waals surface area contributed by atoms with Crippen LogP contribution in [0.5, 0.6) is 0 Å². The zero-order valence-electron chi connectivity index (χ0n) is 19.6. The molecule has 1 saturated heterocycles. The standard InChI is InChI=1S/C24H39N5O2.HI/c1-3-31-18-13-24(11-7-8-12-24)20-27-23(25-2)26-19-22(30)29-16-14-28(15-17-29)21-9-5-4-6-10-21;/h4-6,9-10H,3,7-8,11-20H2,1-2H3,(H2,25,26,27);1H. The number of rotatable bonds is 9. The normalized spacial score (nSPS) is 18.2. The SMILES string of the molecule is CCOCCC1(CNC(=NC)NCC(=O)N2CCN(c3ccccc3)CC2)CCCC1.I. The molecule has 0 bridgehead atoms. The molecule has 3 rings (SSSR count). The molecule has 32 heavy (non-hydrogen) atoms. The number of guanidine groups is 1. The molecule has 0 atom stereocenters. The Labute approximate surface area is 210 Å². The lowest BCUT2D eigenvalue weighted by atomic mass is 9.83. The molecule has 1 aromatic rings. The molecule has 0 spiro atoms. The highest BCUT2D eigenvalue weighted by atomic mass is 127. The van der Waals surface area contributed by atoms with Crippen molar-refractivity contribution < 1.29 is 9.53 Å². The van der Waals surface area contributed by atoms with Crippen LogP contribution in [0.2, 0.25) is 0 Å². The van der Waals surface area contributed by atoms with E-state index in [-0.39, 0.29) is 41.8 Å². The van der Waals surface area contributed by atoms with Gasteiger partial charge in [-0.3, -0.25) is 9.79 Å². The minimum atomic E-state index is 0. The van der Waals surface area contributed by atoms with Gasteiger partial charge in [0.1, 0.15) is 0 Å². The molecule has 0 unspecified atom stereocenters. The van der Waals surface area contributed by atoms with Crippen LogP contribution in [0.25, 0.3) is 0 Å². The lowest BCUT2D eigenvalue weighted by Gasteiger charge is -2.36. The maximum atomic E-state index is 12.7. The average molecular weight is 558 g/mol. The molecule has 1 amide bonds. The predicted octanol–water partition coefficient (Wildman–Crippen LogP) is 3.11. The number of nitrogens with one attached hydrogen (secondary N) is 2. The van der Waals surface area contributed by atoms with Crippen molar-refractivity contribution in [2.75, 3.05) is 64.4 Å². The molecule has 1 aromatic carbocycles. The smallest absolute Gasteiger partial charge is 0.242 e. The van der Waals surface area contributed by atoms with Crippen LogP contribution in [0.4, 0.5) is 5.69 Å². The second-order valence-electron chi connectivity index (χ2n) is 8.64. The van der Waals surface area contributed by atoms with E-state index in [2.05, 4.69) is 44.8 Å². The van der Waals surface area contributed by atoms with Gasteiger partial charge in [0, 0.05) is 58.7 Å². The van der Waals surface area contributed by atoms with Crippen molar-refractivity contribution in [2.24, 2.45) is 10.4 Å². The number of hydrogen-bond donors (Lipinski definition) is 2. The molecule has 2 aliphatic rings. The van der Waals surface area contributed by atoms with Gasteiger partial charge in [0.2, 0.25) is 5.91 Å². The van der Waals surface area contributed by atoms with Gasteiger partial charge in [-0.05, 0) is 43.7 Å². The van der Waals surface area contributed by atoms with Crippen LogP contribution in [-0.2, 0) is 9.53 Å². The quantitative estimate of drug-likeness (QED) is 0.212. The van der Waals surface area contributed by atoms with Crippen LogP contribution in [-0.4, -0.2) is 76.3 Å². The summed E-state index contributed by atoms with van der Waals surface area (Å²) in [5, 5.41) is 6.69. The Bertz CT molecular complexity index is 702. The first-order valence-corrected chi connectivity index (χ1v) is 11.8. The van der Waals surface area contributed by atoms with Gasteiger partial charge in [-0.1, -0.05) is 31.0 Å². The van der Waals surface area contributed by atoms with E-state index in [0.717, 1.165) is 52.4 Å². The van der Waals surface area contributed by atoms with Crippen LogP contribution in [0.3, 0.4) is 0 Å². The Morgan fingerprint density at radius 2 is 1.78 bits per heavy atom. The van der Waals surface area contributed by atoms with Gasteiger partial charge in [0.25, 0.3) is 0 Å². The van der Waals surface area contributed by atoms with Crippen molar-refractivity contribution in [3.8, 4) is 0 Å². The van der Waals surface area contributed by atoms with Crippen LogP contribution in [0.1, 0.15) is 39.0 Å². The molecule has 180 valence electrons. The minimum Gasteiger partial charge on any atom is -0.382 e. The number of amides is 1. The summed E-state index contributed by atoms with van der Waals surface area (Å²) in [5.41, 5.74) is 1.51. The van der Waals surface area contributed by atoms with Gasteiger partial charge < -0.3 is 25.2 Å². The molecule has 1 aliphatic heterocycles. The third-order valence-corrected chi connectivity index (χ3v) is 6.66. The Kier molecular flexibility index (Phi) is 11.6. The van der Waals surface area contributed by atoms with Crippen molar-refractivity contribution in [3.05, 3.63) is 30.3 Å². The number of anilines is 1. The first-order valence-electron chi connectivity index (χ1n) is 11.8. The zero-order valence-corrected chi connectivity index (χ0v) is 22.0.